The molecular formula is C16H18O7. The van der Waals surface area contributed by atoms with Crippen LogP contribution in [0.5, 0.6) is 0 Å². The van der Waals surface area contributed by atoms with Crippen molar-refractivity contribution in [1.82, 2.24) is 0 Å². The third-order valence-corrected chi connectivity index (χ3v) is 3.55. The Kier molecular flexibility index (Phi) is 5.15. The molecule has 3 N–H and O–H groups in total. The molecule has 0 fully saturated rings. The molecule has 1 aliphatic rings. The molecular weight excluding hydrogens is 304 g/mol. The SMILES string of the molecule is CC(=O)O[C@H]1C=C[C@@H](O)[C@H](O)[C@@]1(O)COC(=O)c1ccccc1. The summed E-state index contributed by atoms with van der Waals surface area (Å²) in [4.78, 5) is 23.1. The molecule has 0 bridgehead atoms. The smallest absolute Gasteiger partial charge is 0.338 e. The first kappa shape index (κ1) is 17.1. The first-order valence-electron chi connectivity index (χ1n) is 7.01. The Morgan fingerprint density at radius 1 is 1.17 bits per heavy atom. The van der Waals surface area contributed by atoms with Crippen LogP contribution < -0.4 is 0 Å². The Morgan fingerprint density at radius 2 is 1.83 bits per heavy atom. The van der Waals surface area contributed by atoms with Crippen LogP contribution in [-0.2, 0) is 14.3 Å². The molecule has 7 heteroatoms. The third kappa shape index (κ3) is 3.76. The zero-order valence-corrected chi connectivity index (χ0v) is 12.5. The maximum atomic E-state index is 11.9. The van der Waals surface area contributed by atoms with Gasteiger partial charge in [0.15, 0.2) is 11.7 Å². The molecule has 124 valence electrons. The van der Waals surface area contributed by atoms with Gasteiger partial charge in [-0.3, -0.25) is 4.79 Å². The molecule has 1 aromatic carbocycles. The summed E-state index contributed by atoms with van der Waals surface area (Å²) in [6.45, 7) is 0.489. The average Bonchev–Trinajstić information content (AvgIpc) is 2.54. The van der Waals surface area contributed by atoms with Crippen molar-refractivity contribution in [1.29, 1.82) is 0 Å². The van der Waals surface area contributed by atoms with Crippen LogP contribution in [0.15, 0.2) is 42.5 Å². The number of ether oxygens (including phenoxy) is 2. The number of carbonyl (C=O) groups is 2. The van der Waals surface area contributed by atoms with Gasteiger partial charge in [-0.25, -0.2) is 4.79 Å². The number of aliphatic hydroxyl groups is 3. The summed E-state index contributed by atoms with van der Waals surface area (Å²) in [5, 5.41) is 30.3. The molecule has 23 heavy (non-hydrogen) atoms. The lowest BCUT2D eigenvalue weighted by molar-refractivity contribution is -0.199. The molecule has 4 atom stereocenters. The summed E-state index contributed by atoms with van der Waals surface area (Å²) in [5.74, 6) is -1.40. The van der Waals surface area contributed by atoms with Gasteiger partial charge < -0.3 is 24.8 Å². The largest absolute Gasteiger partial charge is 0.459 e. The number of benzene rings is 1. The van der Waals surface area contributed by atoms with Crippen LogP contribution >= 0.6 is 0 Å². The van der Waals surface area contributed by atoms with Crippen LogP contribution in [0.1, 0.15) is 17.3 Å². The fraction of sp³-hybridized carbons (Fsp3) is 0.375. The Bertz CT molecular complexity index is 598. The maximum Gasteiger partial charge on any atom is 0.338 e. The molecule has 7 nitrogen and oxygen atoms in total. The first-order valence-corrected chi connectivity index (χ1v) is 7.01. The van der Waals surface area contributed by atoms with Gasteiger partial charge in [0.25, 0.3) is 0 Å². The van der Waals surface area contributed by atoms with Crippen molar-refractivity contribution in [3.05, 3.63) is 48.0 Å². The molecule has 0 amide bonds. The number of carbonyl (C=O) groups excluding carboxylic acids is 2. The summed E-state index contributed by atoms with van der Waals surface area (Å²) in [6.07, 6.45) is -1.86. The van der Waals surface area contributed by atoms with Gasteiger partial charge in [0.2, 0.25) is 0 Å². The molecule has 0 unspecified atom stereocenters. The molecule has 0 aliphatic heterocycles. The van der Waals surface area contributed by atoms with E-state index in [-0.39, 0.29) is 5.56 Å². The Labute approximate surface area is 132 Å². The molecule has 0 spiro atoms. The van der Waals surface area contributed by atoms with Gasteiger partial charge in [0, 0.05) is 6.92 Å². The first-order chi connectivity index (χ1) is 10.8. The van der Waals surface area contributed by atoms with Crippen LogP contribution in [0.3, 0.4) is 0 Å². The lowest BCUT2D eigenvalue weighted by Gasteiger charge is -2.40. The van der Waals surface area contributed by atoms with E-state index in [2.05, 4.69) is 0 Å². The van der Waals surface area contributed by atoms with E-state index in [0.717, 1.165) is 6.92 Å². The van der Waals surface area contributed by atoms with Crippen molar-refractivity contribution < 1.29 is 34.4 Å². The summed E-state index contributed by atoms with van der Waals surface area (Å²) >= 11 is 0. The van der Waals surface area contributed by atoms with Crippen molar-refractivity contribution in [2.75, 3.05) is 6.61 Å². The number of hydrogen-bond donors (Lipinski definition) is 3. The molecule has 0 heterocycles. The number of rotatable bonds is 4. The highest BCUT2D eigenvalue weighted by atomic mass is 16.6. The van der Waals surface area contributed by atoms with Crippen LogP contribution in [-0.4, -0.2) is 57.8 Å². The van der Waals surface area contributed by atoms with E-state index in [9.17, 15) is 24.9 Å². The maximum absolute atomic E-state index is 11.9. The normalized spacial score (nSPS) is 29.8. The summed E-state index contributed by atoms with van der Waals surface area (Å²) < 4.78 is 9.94. The van der Waals surface area contributed by atoms with E-state index in [0.29, 0.717) is 0 Å². The highest BCUT2D eigenvalue weighted by molar-refractivity contribution is 5.89. The van der Waals surface area contributed by atoms with Crippen molar-refractivity contribution in [2.45, 2.75) is 30.8 Å². The van der Waals surface area contributed by atoms with E-state index in [1.807, 2.05) is 0 Å². The van der Waals surface area contributed by atoms with Gasteiger partial charge in [-0.05, 0) is 18.2 Å². The van der Waals surface area contributed by atoms with E-state index in [1.165, 1.54) is 24.3 Å². The highest BCUT2D eigenvalue weighted by Crippen LogP contribution is 2.28. The minimum Gasteiger partial charge on any atom is -0.459 e. The Balaban J connectivity index is 2.14. The Hall–Kier alpha value is -2.22. The second-order valence-corrected chi connectivity index (χ2v) is 5.28. The molecule has 1 aromatic rings. The van der Waals surface area contributed by atoms with E-state index in [4.69, 9.17) is 9.47 Å². The number of esters is 2. The van der Waals surface area contributed by atoms with Crippen LogP contribution in [0.25, 0.3) is 0 Å². The quantitative estimate of drug-likeness (QED) is 0.519. The standard InChI is InChI=1S/C16H18O7/c1-10(17)23-13-8-7-12(18)14(19)16(13,21)9-22-15(20)11-5-3-2-4-6-11/h2-8,12-14,18-19,21H,9H2,1H3/t12-,13+,14+,16-/m1/s1. The van der Waals surface area contributed by atoms with Gasteiger partial charge in [0.1, 0.15) is 18.8 Å². The summed E-state index contributed by atoms with van der Waals surface area (Å²) in [6, 6.07) is 8.08. The van der Waals surface area contributed by atoms with Crippen molar-refractivity contribution in [2.24, 2.45) is 0 Å². The van der Waals surface area contributed by atoms with E-state index in [1.54, 1.807) is 18.2 Å². The molecule has 0 radical (unpaired) electrons. The number of aliphatic hydroxyl groups excluding tert-OH is 2. The van der Waals surface area contributed by atoms with Gasteiger partial charge in [0.05, 0.1) is 5.56 Å². The molecule has 0 aromatic heterocycles. The zero-order chi connectivity index (χ0) is 17.0. The second-order valence-electron chi connectivity index (χ2n) is 5.28. The summed E-state index contributed by atoms with van der Waals surface area (Å²) in [7, 11) is 0. The van der Waals surface area contributed by atoms with Crippen LogP contribution in [0, 0.1) is 0 Å². The van der Waals surface area contributed by atoms with Gasteiger partial charge in [-0.15, -0.1) is 0 Å². The van der Waals surface area contributed by atoms with Gasteiger partial charge in [-0.1, -0.05) is 24.3 Å². The second kappa shape index (κ2) is 6.91. The predicted molar refractivity (Wildman–Crippen MR) is 78.4 cm³/mol. The minimum atomic E-state index is -2.15. The molecule has 1 aliphatic carbocycles. The van der Waals surface area contributed by atoms with Crippen LogP contribution in [0.4, 0.5) is 0 Å². The van der Waals surface area contributed by atoms with Gasteiger partial charge >= 0.3 is 11.9 Å². The lowest BCUT2D eigenvalue weighted by Crippen LogP contribution is -2.62. The summed E-state index contributed by atoms with van der Waals surface area (Å²) in [5.41, 5.74) is -1.88. The van der Waals surface area contributed by atoms with E-state index >= 15 is 0 Å². The monoisotopic (exact) mass is 322 g/mol. The highest BCUT2D eigenvalue weighted by Gasteiger charge is 2.50. The molecule has 2 rings (SSSR count). The lowest BCUT2D eigenvalue weighted by atomic mass is 9.83. The Morgan fingerprint density at radius 3 is 2.43 bits per heavy atom. The van der Waals surface area contributed by atoms with Crippen LogP contribution in [0.2, 0.25) is 0 Å². The van der Waals surface area contributed by atoms with Crippen molar-refractivity contribution >= 4 is 11.9 Å². The number of hydrogen-bond acceptors (Lipinski definition) is 7. The molecule has 0 saturated heterocycles. The third-order valence-electron chi connectivity index (χ3n) is 3.55. The fourth-order valence-corrected chi connectivity index (χ4v) is 2.28. The average molecular weight is 322 g/mol. The molecule has 0 saturated carbocycles. The fourth-order valence-electron chi connectivity index (χ4n) is 2.28. The topological polar surface area (TPSA) is 113 Å². The van der Waals surface area contributed by atoms with Crippen molar-refractivity contribution in [3.63, 3.8) is 0 Å². The minimum absolute atomic E-state index is 0.265. The predicted octanol–water partition coefficient (Wildman–Crippen LogP) is -0.202. The van der Waals surface area contributed by atoms with Gasteiger partial charge in [-0.2, -0.15) is 0 Å². The van der Waals surface area contributed by atoms with Crippen molar-refractivity contribution in [3.8, 4) is 0 Å². The zero-order valence-electron chi connectivity index (χ0n) is 12.5. The van der Waals surface area contributed by atoms with E-state index < -0.39 is 42.5 Å².